The zero-order valence-corrected chi connectivity index (χ0v) is 16.9. The molecule has 4 rings (SSSR count). The lowest BCUT2D eigenvalue weighted by Crippen LogP contribution is -2.09. The van der Waals surface area contributed by atoms with Crippen LogP contribution in [0.5, 0.6) is 0 Å². The maximum atomic E-state index is 11.4. The topological polar surface area (TPSA) is 87.7 Å². The number of sulfonamides is 1. The average Bonchev–Trinajstić information content (AvgIpc) is 3.13. The van der Waals surface area contributed by atoms with Crippen molar-refractivity contribution in [3.05, 3.63) is 78.6 Å². The highest BCUT2D eigenvalue weighted by molar-refractivity contribution is 7.92. The zero-order chi connectivity index (χ0) is 20.4. The summed E-state index contributed by atoms with van der Waals surface area (Å²) >= 11 is 0. The summed E-state index contributed by atoms with van der Waals surface area (Å²) in [6.07, 6.45) is 4.63. The number of nitrogens with zero attached hydrogens (tertiary/aromatic N) is 2. The Balaban J connectivity index is 1.79. The number of anilines is 1. The van der Waals surface area contributed by atoms with Gasteiger partial charge in [-0.25, -0.2) is 13.4 Å². The Kier molecular flexibility index (Phi) is 4.90. The van der Waals surface area contributed by atoms with Crippen LogP contribution in [0, 0.1) is 6.92 Å². The normalized spacial score (nSPS) is 11.4. The lowest BCUT2D eigenvalue weighted by Gasteiger charge is -2.04. The molecule has 0 saturated heterocycles. The van der Waals surface area contributed by atoms with Crippen molar-refractivity contribution in [1.29, 1.82) is 0 Å². The lowest BCUT2D eigenvalue weighted by molar-refractivity contribution is 0.607. The van der Waals surface area contributed by atoms with E-state index in [2.05, 4.69) is 33.7 Å². The summed E-state index contributed by atoms with van der Waals surface area (Å²) in [6, 6.07) is 19.2. The van der Waals surface area contributed by atoms with Crippen LogP contribution in [-0.4, -0.2) is 29.6 Å². The van der Waals surface area contributed by atoms with Crippen molar-refractivity contribution in [3.8, 4) is 33.9 Å². The molecule has 0 saturated carbocycles. The molecular weight excluding hydrogens is 384 g/mol. The number of aryl methyl sites for hydroxylation is 1. The Morgan fingerprint density at radius 3 is 2.28 bits per heavy atom. The first-order chi connectivity index (χ1) is 13.9. The fourth-order valence-corrected chi connectivity index (χ4v) is 3.71. The van der Waals surface area contributed by atoms with E-state index in [1.807, 2.05) is 36.4 Å². The van der Waals surface area contributed by atoms with Gasteiger partial charge in [0.1, 0.15) is 5.82 Å². The highest BCUT2D eigenvalue weighted by Crippen LogP contribution is 2.33. The SMILES string of the molecule is Cc1cccc(-c2nc(-c3ccc(NS(C)(=O)=O)cc3)[nH]c2-c2ccncc2)c1. The monoisotopic (exact) mass is 404 g/mol. The zero-order valence-electron chi connectivity index (χ0n) is 16.0. The van der Waals surface area contributed by atoms with E-state index in [0.29, 0.717) is 11.5 Å². The van der Waals surface area contributed by atoms with Crippen molar-refractivity contribution in [3.63, 3.8) is 0 Å². The highest BCUT2D eigenvalue weighted by atomic mass is 32.2. The number of hydrogen-bond donors (Lipinski definition) is 2. The summed E-state index contributed by atoms with van der Waals surface area (Å²) in [5.74, 6) is 0.708. The van der Waals surface area contributed by atoms with Gasteiger partial charge in [0.05, 0.1) is 17.6 Å². The van der Waals surface area contributed by atoms with Gasteiger partial charge in [0.25, 0.3) is 0 Å². The number of H-pyrrole nitrogens is 1. The van der Waals surface area contributed by atoms with Gasteiger partial charge in [-0.15, -0.1) is 0 Å². The predicted octanol–water partition coefficient (Wildman–Crippen LogP) is 4.49. The Morgan fingerprint density at radius 1 is 0.897 bits per heavy atom. The van der Waals surface area contributed by atoms with Crippen molar-refractivity contribution < 1.29 is 8.42 Å². The third kappa shape index (κ3) is 4.35. The molecule has 6 nitrogen and oxygen atoms in total. The smallest absolute Gasteiger partial charge is 0.229 e. The molecule has 0 aliphatic rings. The molecule has 2 aromatic carbocycles. The van der Waals surface area contributed by atoms with Gasteiger partial charge in [-0.2, -0.15) is 0 Å². The molecule has 2 heterocycles. The van der Waals surface area contributed by atoms with E-state index in [4.69, 9.17) is 4.98 Å². The highest BCUT2D eigenvalue weighted by Gasteiger charge is 2.15. The Morgan fingerprint density at radius 2 is 1.62 bits per heavy atom. The third-order valence-corrected chi connectivity index (χ3v) is 5.03. The molecule has 0 radical (unpaired) electrons. The maximum Gasteiger partial charge on any atom is 0.229 e. The number of nitrogens with one attached hydrogen (secondary N) is 2. The van der Waals surface area contributed by atoms with Gasteiger partial charge in [0.2, 0.25) is 10.0 Å². The second-order valence-electron chi connectivity index (χ2n) is 6.87. The predicted molar refractivity (Wildman–Crippen MR) is 116 cm³/mol. The van der Waals surface area contributed by atoms with E-state index in [1.54, 1.807) is 24.5 Å². The summed E-state index contributed by atoms with van der Waals surface area (Å²) in [5.41, 5.74) is 6.30. The van der Waals surface area contributed by atoms with Gasteiger partial charge in [-0.05, 0) is 49.4 Å². The number of aromatic nitrogens is 3. The fourth-order valence-electron chi connectivity index (χ4n) is 3.15. The minimum absolute atomic E-state index is 0.510. The molecule has 2 aromatic heterocycles. The van der Waals surface area contributed by atoms with Crippen LogP contribution in [0.1, 0.15) is 5.56 Å². The number of pyridine rings is 1. The number of imidazole rings is 1. The van der Waals surface area contributed by atoms with Crippen LogP contribution in [-0.2, 0) is 10.0 Å². The molecule has 0 aliphatic carbocycles. The maximum absolute atomic E-state index is 11.4. The Bertz CT molecular complexity index is 1250. The number of hydrogen-bond acceptors (Lipinski definition) is 4. The summed E-state index contributed by atoms with van der Waals surface area (Å²) < 4.78 is 25.3. The Labute approximate surface area is 169 Å². The molecule has 2 N–H and O–H groups in total. The molecule has 0 fully saturated rings. The first-order valence-corrected chi connectivity index (χ1v) is 10.9. The second kappa shape index (κ2) is 7.52. The van der Waals surface area contributed by atoms with Crippen LogP contribution in [0.25, 0.3) is 33.9 Å². The molecule has 0 amide bonds. The molecule has 146 valence electrons. The van der Waals surface area contributed by atoms with Gasteiger partial charge < -0.3 is 4.98 Å². The van der Waals surface area contributed by atoms with E-state index in [9.17, 15) is 8.42 Å². The van der Waals surface area contributed by atoms with E-state index in [-0.39, 0.29) is 0 Å². The van der Waals surface area contributed by atoms with Crippen molar-refractivity contribution >= 4 is 15.7 Å². The van der Waals surface area contributed by atoms with E-state index >= 15 is 0 Å². The van der Waals surface area contributed by atoms with E-state index in [1.165, 1.54) is 0 Å². The number of rotatable bonds is 5. The molecular formula is C22H20N4O2S. The summed E-state index contributed by atoms with van der Waals surface area (Å²) in [6.45, 7) is 2.05. The minimum Gasteiger partial charge on any atom is -0.337 e. The standard InChI is InChI=1S/C22H20N4O2S/c1-15-4-3-5-18(14-15)21-20(16-10-12-23-13-11-16)24-22(25-21)17-6-8-19(9-7-17)26-29(2,27)28/h3-14,26H,1-2H3,(H,24,25). The Hall–Kier alpha value is -3.45. The first kappa shape index (κ1) is 18.9. The molecule has 0 atom stereocenters. The summed E-state index contributed by atoms with van der Waals surface area (Å²) in [5, 5.41) is 0. The van der Waals surface area contributed by atoms with Crippen LogP contribution < -0.4 is 4.72 Å². The van der Waals surface area contributed by atoms with Crippen molar-refractivity contribution in [2.24, 2.45) is 0 Å². The molecule has 0 unspecified atom stereocenters. The van der Waals surface area contributed by atoms with Crippen molar-refractivity contribution in [2.75, 3.05) is 11.0 Å². The first-order valence-electron chi connectivity index (χ1n) is 9.05. The van der Waals surface area contributed by atoms with Crippen LogP contribution in [0.15, 0.2) is 73.1 Å². The lowest BCUT2D eigenvalue weighted by atomic mass is 10.0. The minimum atomic E-state index is -3.31. The van der Waals surface area contributed by atoms with Crippen LogP contribution in [0.4, 0.5) is 5.69 Å². The number of benzene rings is 2. The average molecular weight is 404 g/mol. The van der Waals surface area contributed by atoms with Gasteiger partial charge in [0.15, 0.2) is 0 Å². The van der Waals surface area contributed by atoms with Crippen molar-refractivity contribution in [1.82, 2.24) is 15.0 Å². The molecule has 29 heavy (non-hydrogen) atoms. The van der Waals surface area contributed by atoms with Gasteiger partial charge in [-0.3, -0.25) is 9.71 Å². The number of aromatic amines is 1. The molecule has 0 aliphatic heterocycles. The van der Waals surface area contributed by atoms with Crippen LogP contribution in [0.3, 0.4) is 0 Å². The van der Waals surface area contributed by atoms with Gasteiger partial charge >= 0.3 is 0 Å². The van der Waals surface area contributed by atoms with Gasteiger partial charge in [-0.1, -0.05) is 23.8 Å². The van der Waals surface area contributed by atoms with E-state index in [0.717, 1.165) is 39.9 Å². The summed E-state index contributed by atoms with van der Waals surface area (Å²) in [4.78, 5) is 12.4. The molecule has 0 spiro atoms. The molecule has 0 bridgehead atoms. The second-order valence-corrected chi connectivity index (χ2v) is 8.61. The van der Waals surface area contributed by atoms with E-state index < -0.39 is 10.0 Å². The fraction of sp³-hybridized carbons (Fsp3) is 0.0909. The van der Waals surface area contributed by atoms with Crippen LogP contribution >= 0.6 is 0 Å². The quantitative estimate of drug-likeness (QED) is 0.513. The largest absolute Gasteiger partial charge is 0.337 e. The molecule has 4 aromatic rings. The van der Waals surface area contributed by atoms with Gasteiger partial charge in [0, 0.05) is 34.8 Å². The van der Waals surface area contributed by atoms with Crippen molar-refractivity contribution in [2.45, 2.75) is 6.92 Å². The molecule has 7 heteroatoms. The van der Waals surface area contributed by atoms with Crippen LogP contribution in [0.2, 0.25) is 0 Å². The summed E-state index contributed by atoms with van der Waals surface area (Å²) in [7, 11) is -3.31. The third-order valence-electron chi connectivity index (χ3n) is 4.43.